The van der Waals surface area contributed by atoms with Gasteiger partial charge in [0.15, 0.2) is 0 Å². The van der Waals surface area contributed by atoms with E-state index in [1.54, 1.807) is 0 Å². The van der Waals surface area contributed by atoms with Crippen molar-refractivity contribution in [1.82, 2.24) is 15.1 Å². The van der Waals surface area contributed by atoms with Gasteiger partial charge in [0, 0.05) is 19.6 Å². The van der Waals surface area contributed by atoms with Crippen molar-refractivity contribution in [3.05, 3.63) is 35.9 Å². The van der Waals surface area contributed by atoms with E-state index in [4.69, 9.17) is 0 Å². The topological polar surface area (TPSA) is 59.4 Å². The van der Waals surface area contributed by atoms with E-state index in [1.165, 1.54) is 5.56 Å². The van der Waals surface area contributed by atoms with Gasteiger partial charge in [-0.1, -0.05) is 30.3 Å². The summed E-state index contributed by atoms with van der Waals surface area (Å²) in [5.74, 6) is 0. The Labute approximate surface area is 151 Å². The van der Waals surface area contributed by atoms with Crippen LogP contribution in [0, 0.1) is 16.7 Å². The van der Waals surface area contributed by atoms with E-state index < -0.39 is 0 Å². The molecule has 5 heteroatoms. The standard InChI is InChI=1S/C20H30N4O/c1-23(2)14-6-13-22-19(25)24-15-11-20(17-21,12-16-24)10-9-18-7-4-3-5-8-18/h3-5,7-8H,6,9-16H2,1-2H3,(H,22,25). The highest BCUT2D eigenvalue weighted by Gasteiger charge is 2.35. The van der Waals surface area contributed by atoms with Gasteiger partial charge in [0.2, 0.25) is 0 Å². The molecular formula is C20H30N4O. The number of nitrogens with one attached hydrogen (secondary N) is 1. The van der Waals surface area contributed by atoms with Gasteiger partial charge in [-0.05, 0) is 58.3 Å². The van der Waals surface area contributed by atoms with Crippen LogP contribution in [0.25, 0.3) is 0 Å². The lowest BCUT2D eigenvalue weighted by atomic mass is 9.75. The van der Waals surface area contributed by atoms with E-state index in [0.29, 0.717) is 19.6 Å². The van der Waals surface area contributed by atoms with Crippen molar-refractivity contribution in [2.45, 2.75) is 32.1 Å². The summed E-state index contributed by atoms with van der Waals surface area (Å²) in [6.45, 7) is 3.01. The predicted molar refractivity (Wildman–Crippen MR) is 100 cm³/mol. The third-order valence-electron chi connectivity index (χ3n) is 5.04. The molecule has 0 aliphatic carbocycles. The normalized spacial score (nSPS) is 16.5. The van der Waals surface area contributed by atoms with Crippen molar-refractivity contribution in [3.8, 4) is 6.07 Å². The number of nitrogens with zero attached hydrogens (tertiary/aromatic N) is 3. The Morgan fingerprint density at radius 2 is 1.96 bits per heavy atom. The number of urea groups is 1. The smallest absolute Gasteiger partial charge is 0.317 e. The van der Waals surface area contributed by atoms with Gasteiger partial charge in [-0.15, -0.1) is 0 Å². The summed E-state index contributed by atoms with van der Waals surface area (Å²) in [5.41, 5.74) is 0.982. The molecule has 2 rings (SSSR count). The number of hydrogen-bond acceptors (Lipinski definition) is 3. The summed E-state index contributed by atoms with van der Waals surface area (Å²) in [7, 11) is 4.06. The van der Waals surface area contributed by atoms with Gasteiger partial charge in [0.1, 0.15) is 0 Å². The first-order chi connectivity index (χ1) is 12.0. The second kappa shape index (κ2) is 9.43. The quantitative estimate of drug-likeness (QED) is 0.775. The molecule has 0 saturated carbocycles. The molecule has 0 aromatic heterocycles. The summed E-state index contributed by atoms with van der Waals surface area (Å²) in [6.07, 6.45) is 4.27. The molecule has 0 radical (unpaired) electrons. The van der Waals surface area contributed by atoms with E-state index in [0.717, 1.165) is 38.6 Å². The zero-order valence-electron chi connectivity index (χ0n) is 15.5. The summed E-state index contributed by atoms with van der Waals surface area (Å²) in [6, 6.07) is 12.9. The fourth-order valence-corrected chi connectivity index (χ4v) is 3.29. The third-order valence-corrected chi connectivity index (χ3v) is 5.04. The van der Waals surface area contributed by atoms with Crippen LogP contribution in [0.15, 0.2) is 30.3 Å². The SMILES string of the molecule is CN(C)CCCNC(=O)N1CCC(C#N)(CCc2ccccc2)CC1. The van der Waals surface area contributed by atoms with Crippen molar-refractivity contribution in [2.24, 2.45) is 5.41 Å². The van der Waals surface area contributed by atoms with E-state index in [2.05, 4.69) is 28.4 Å². The molecule has 2 amide bonds. The van der Waals surface area contributed by atoms with Crippen molar-refractivity contribution in [3.63, 3.8) is 0 Å². The molecule has 25 heavy (non-hydrogen) atoms. The Morgan fingerprint density at radius 1 is 1.28 bits per heavy atom. The predicted octanol–water partition coefficient (Wildman–Crippen LogP) is 2.89. The van der Waals surface area contributed by atoms with Crippen LogP contribution in [0.2, 0.25) is 0 Å². The molecule has 0 bridgehead atoms. The minimum atomic E-state index is -0.294. The van der Waals surface area contributed by atoms with Crippen LogP contribution in [0.5, 0.6) is 0 Å². The second-order valence-electron chi connectivity index (χ2n) is 7.25. The number of carbonyl (C=O) groups is 1. The first kappa shape index (κ1) is 19.3. The molecular weight excluding hydrogens is 312 g/mol. The van der Waals surface area contributed by atoms with Crippen molar-refractivity contribution < 1.29 is 4.79 Å². The molecule has 5 nitrogen and oxygen atoms in total. The number of rotatable bonds is 7. The van der Waals surface area contributed by atoms with Crippen molar-refractivity contribution >= 4 is 6.03 Å². The fraction of sp³-hybridized carbons (Fsp3) is 0.600. The van der Waals surface area contributed by atoms with E-state index in [9.17, 15) is 10.1 Å². The maximum atomic E-state index is 12.2. The summed E-state index contributed by atoms with van der Waals surface area (Å²) in [4.78, 5) is 16.2. The Hall–Kier alpha value is -2.06. The van der Waals surface area contributed by atoms with Crippen LogP contribution in [0.3, 0.4) is 0 Å². The average molecular weight is 342 g/mol. The number of nitriles is 1. The molecule has 1 saturated heterocycles. The molecule has 0 spiro atoms. The molecule has 1 N–H and O–H groups in total. The van der Waals surface area contributed by atoms with Crippen molar-refractivity contribution in [1.29, 1.82) is 5.26 Å². The highest BCUT2D eigenvalue weighted by Crippen LogP contribution is 2.35. The Bertz CT molecular complexity index is 571. The third kappa shape index (κ3) is 6.06. The number of amides is 2. The fourth-order valence-electron chi connectivity index (χ4n) is 3.29. The van der Waals surface area contributed by atoms with Crippen LogP contribution in [0.1, 0.15) is 31.2 Å². The molecule has 1 aromatic rings. The van der Waals surface area contributed by atoms with E-state index >= 15 is 0 Å². The number of benzene rings is 1. The molecule has 1 aliphatic rings. The lowest BCUT2D eigenvalue weighted by Gasteiger charge is -2.37. The zero-order chi connectivity index (χ0) is 18.1. The van der Waals surface area contributed by atoms with Crippen LogP contribution in [0.4, 0.5) is 4.79 Å². The van der Waals surface area contributed by atoms with Gasteiger partial charge < -0.3 is 15.1 Å². The van der Waals surface area contributed by atoms with Gasteiger partial charge in [-0.2, -0.15) is 5.26 Å². The molecule has 1 heterocycles. The van der Waals surface area contributed by atoms with Crippen LogP contribution in [-0.2, 0) is 6.42 Å². The van der Waals surface area contributed by atoms with Crippen molar-refractivity contribution in [2.75, 3.05) is 40.3 Å². The lowest BCUT2D eigenvalue weighted by molar-refractivity contribution is 0.143. The first-order valence-corrected chi connectivity index (χ1v) is 9.17. The summed E-state index contributed by atoms with van der Waals surface area (Å²) in [5, 5.41) is 12.7. The minimum absolute atomic E-state index is 0.00774. The molecule has 1 fully saturated rings. The molecule has 1 aromatic carbocycles. The van der Waals surface area contributed by atoms with Crippen LogP contribution in [-0.4, -0.2) is 56.1 Å². The Morgan fingerprint density at radius 3 is 2.56 bits per heavy atom. The van der Waals surface area contributed by atoms with Gasteiger partial charge in [0.05, 0.1) is 11.5 Å². The zero-order valence-corrected chi connectivity index (χ0v) is 15.5. The monoisotopic (exact) mass is 342 g/mol. The Kier molecular flexibility index (Phi) is 7.27. The van der Waals surface area contributed by atoms with Gasteiger partial charge >= 0.3 is 6.03 Å². The van der Waals surface area contributed by atoms with Crippen LogP contribution < -0.4 is 5.32 Å². The highest BCUT2D eigenvalue weighted by molar-refractivity contribution is 5.74. The molecule has 0 unspecified atom stereocenters. The molecule has 1 aliphatic heterocycles. The van der Waals surface area contributed by atoms with Gasteiger partial charge in [-0.3, -0.25) is 0 Å². The Balaban J connectivity index is 1.76. The lowest BCUT2D eigenvalue weighted by Crippen LogP contribution is -2.47. The number of piperidine rings is 1. The number of aryl methyl sites for hydroxylation is 1. The minimum Gasteiger partial charge on any atom is -0.338 e. The largest absolute Gasteiger partial charge is 0.338 e. The van der Waals surface area contributed by atoms with Crippen LogP contribution >= 0.6 is 0 Å². The average Bonchev–Trinajstić information content (AvgIpc) is 2.64. The maximum absolute atomic E-state index is 12.2. The first-order valence-electron chi connectivity index (χ1n) is 9.17. The van der Waals surface area contributed by atoms with Gasteiger partial charge in [-0.25, -0.2) is 4.79 Å². The highest BCUT2D eigenvalue weighted by atomic mass is 16.2. The number of likely N-dealkylation sites (tertiary alicyclic amines) is 1. The summed E-state index contributed by atoms with van der Waals surface area (Å²) >= 11 is 0. The van der Waals surface area contributed by atoms with Gasteiger partial charge in [0.25, 0.3) is 0 Å². The second-order valence-corrected chi connectivity index (χ2v) is 7.25. The summed E-state index contributed by atoms with van der Waals surface area (Å²) < 4.78 is 0. The van der Waals surface area contributed by atoms with E-state index in [1.807, 2.05) is 37.2 Å². The molecule has 0 atom stereocenters. The number of carbonyl (C=O) groups excluding carboxylic acids is 1. The number of hydrogen-bond donors (Lipinski definition) is 1. The molecule has 136 valence electrons. The maximum Gasteiger partial charge on any atom is 0.317 e. The van der Waals surface area contributed by atoms with E-state index in [-0.39, 0.29) is 11.4 Å².